The first-order chi connectivity index (χ1) is 7.32. The fraction of sp³-hybridized carbons (Fsp3) is 0.222. The second kappa shape index (κ2) is 5.09. The van der Waals surface area contributed by atoms with E-state index in [4.69, 9.17) is 0 Å². The molecule has 1 aromatic carbocycles. The lowest BCUT2D eigenvalue weighted by Crippen LogP contribution is -2.20. The van der Waals surface area contributed by atoms with Crippen LogP contribution in [0.2, 0.25) is 0 Å². The van der Waals surface area contributed by atoms with E-state index in [1.54, 1.807) is 24.3 Å². The number of nitrogens with zero attached hydrogens (tertiary/aromatic N) is 1. The number of hydrogen-bond donors (Lipinski definition) is 0. The van der Waals surface area contributed by atoms with E-state index in [1.165, 1.54) is 6.26 Å². The van der Waals surface area contributed by atoms with Crippen molar-refractivity contribution in [3.05, 3.63) is 28.7 Å². The maximum Gasteiger partial charge on any atom is 0.474 e. The fourth-order valence-corrected chi connectivity index (χ4v) is 2.97. The molecule has 0 saturated carbocycles. The van der Waals surface area contributed by atoms with Crippen LogP contribution in [0.4, 0.5) is 13.2 Å². The molecule has 0 aromatic heterocycles. The third kappa shape index (κ3) is 3.41. The van der Waals surface area contributed by atoms with Crippen molar-refractivity contribution < 1.29 is 18.0 Å². The highest BCUT2D eigenvalue weighted by Crippen LogP contribution is 2.22. The summed E-state index contributed by atoms with van der Waals surface area (Å²) in [6.45, 7) is 0. The number of carbonyl (C=O) groups excluding carboxylic acids is 1. The predicted molar refractivity (Wildman–Crippen MR) is 59.2 cm³/mol. The minimum Gasteiger partial charge on any atom is -0.261 e. The molecule has 0 heterocycles. The van der Waals surface area contributed by atoms with E-state index >= 15 is 0 Å². The molecule has 0 aliphatic heterocycles. The van der Waals surface area contributed by atoms with Crippen LogP contribution in [0.1, 0.15) is 0 Å². The molecule has 0 aliphatic carbocycles. The van der Waals surface area contributed by atoms with Gasteiger partial charge in [-0.1, -0.05) is 22.8 Å². The van der Waals surface area contributed by atoms with Gasteiger partial charge < -0.3 is 0 Å². The summed E-state index contributed by atoms with van der Waals surface area (Å²) < 4.78 is 39.7. The van der Waals surface area contributed by atoms with Gasteiger partial charge in [0.1, 0.15) is 0 Å². The van der Waals surface area contributed by atoms with Crippen molar-refractivity contribution in [1.82, 2.24) is 0 Å². The molecule has 1 amide bonds. The van der Waals surface area contributed by atoms with Gasteiger partial charge in [-0.25, -0.2) is 0 Å². The van der Waals surface area contributed by atoms with Gasteiger partial charge in [0.2, 0.25) is 0 Å². The average Bonchev–Trinajstić information content (AvgIpc) is 2.16. The lowest BCUT2D eigenvalue weighted by molar-refractivity contribution is -0.169. The topological polar surface area (TPSA) is 29.4 Å². The van der Waals surface area contributed by atoms with Crippen LogP contribution in [0.3, 0.4) is 0 Å². The molecular weight excluding hydrogens is 307 g/mol. The number of rotatable bonds is 1. The first-order valence-corrected chi connectivity index (χ1v) is 6.44. The van der Waals surface area contributed by atoms with Crippen molar-refractivity contribution in [2.45, 2.75) is 11.1 Å². The number of alkyl halides is 3. The Labute approximate surface area is 101 Å². The smallest absolute Gasteiger partial charge is 0.261 e. The normalized spacial score (nSPS) is 13.8. The molecule has 0 spiro atoms. The van der Waals surface area contributed by atoms with E-state index in [9.17, 15) is 18.0 Å². The van der Waals surface area contributed by atoms with Gasteiger partial charge in [-0.15, -0.1) is 0 Å². The van der Waals surface area contributed by atoms with E-state index in [-0.39, 0.29) is 0 Å². The minimum absolute atomic E-state index is 0.570. The lowest BCUT2D eigenvalue weighted by atomic mass is 10.4. The van der Waals surface area contributed by atoms with Crippen LogP contribution in [0.15, 0.2) is 38.0 Å². The molecule has 0 N–H and O–H groups in total. The highest BCUT2D eigenvalue weighted by atomic mass is 79.9. The molecule has 0 radical (unpaired) electrons. The zero-order chi connectivity index (χ0) is 12.3. The van der Waals surface area contributed by atoms with E-state index < -0.39 is 22.8 Å². The Morgan fingerprint density at radius 2 is 1.94 bits per heavy atom. The van der Waals surface area contributed by atoms with Gasteiger partial charge in [0.15, 0.2) is 0 Å². The first kappa shape index (κ1) is 13.4. The maximum absolute atomic E-state index is 12.0. The van der Waals surface area contributed by atoms with Crippen LogP contribution in [0.25, 0.3) is 0 Å². The Hall–Kier alpha value is -0.690. The van der Waals surface area contributed by atoms with Gasteiger partial charge in [0.25, 0.3) is 0 Å². The first-order valence-electron chi connectivity index (χ1n) is 4.06. The Kier molecular flexibility index (Phi) is 4.26. The molecule has 1 atom stereocenters. The second-order valence-corrected chi connectivity index (χ2v) is 5.24. The average molecular weight is 314 g/mol. The number of carbonyl (C=O) groups is 1. The van der Waals surface area contributed by atoms with Crippen LogP contribution in [-0.4, -0.2) is 18.3 Å². The van der Waals surface area contributed by atoms with E-state index in [0.717, 1.165) is 0 Å². The number of benzene rings is 1. The van der Waals surface area contributed by atoms with Crippen molar-refractivity contribution in [2.75, 3.05) is 6.26 Å². The van der Waals surface area contributed by atoms with Crippen LogP contribution >= 0.6 is 15.9 Å². The van der Waals surface area contributed by atoms with Crippen LogP contribution in [-0.2, 0) is 15.5 Å². The van der Waals surface area contributed by atoms with E-state index in [0.29, 0.717) is 9.37 Å². The molecule has 1 rings (SSSR count). The molecule has 1 aromatic rings. The van der Waals surface area contributed by atoms with Gasteiger partial charge >= 0.3 is 12.1 Å². The van der Waals surface area contributed by atoms with Gasteiger partial charge in [0.05, 0.1) is 0 Å². The summed E-state index contributed by atoms with van der Waals surface area (Å²) >= 11 is 3.19. The number of amides is 1. The van der Waals surface area contributed by atoms with Crippen molar-refractivity contribution in [2.24, 2.45) is 4.36 Å². The third-order valence-electron chi connectivity index (χ3n) is 1.62. The highest BCUT2D eigenvalue weighted by molar-refractivity contribution is 9.10. The molecule has 88 valence electrons. The Morgan fingerprint density at radius 3 is 2.44 bits per heavy atom. The second-order valence-electron chi connectivity index (χ2n) is 2.80. The summed E-state index contributed by atoms with van der Waals surface area (Å²) in [4.78, 5) is 11.2. The quantitative estimate of drug-likeness (QED) is 0.782. The molecule has 2 nitrogen and oxygen atoms in total. The largest absolute Gasteiger partial charge is 0.474 e. The standard InChI is InChI=1S/C9H7BrF3NOS/c1-16(14-8(15)9(11,12)13)7-5-3-2-4-6(7)10/h2-5H,1H3. The molecule has 1 unspecified atom stereocenters. The number of hydrogen-bond acceptors (Lipinski definition) is 1. The predicted octanol–water partition coefficient (Wildman–Crippen LogP) is 3.33. The van der Waals surface area contributed by atoms with Crippen molar-refractivity contribution in [1.29, 1.82) is 0 Å². The summed E-state index contributed by atoms with van der Waals surface area (Å²) in [5.74, 6) is -2.05. The van der Waals surface area contributed by atoms with Crippen molar-refractivity contribution in [3.63, 3.8) is 0 Å². The molecule has 0 saturated heterocycles. The minimum atomic E-state index is -4.90. The summed E-state index contributed by atoms with van der Waals surface area (Å²) in [6, 6.07) is 6.72. The van der Waals surface area contributed by atoms with Crippen LogP contribution in [0.5, 0.6) is 0 Å². The zero-order valence-electron chi connectivity index (χ0n) is 8.08. The van der Waals surface area contributed by atoms with E-state index in [1.807, 2.05) is 0 Å². The molecule has 0 aliphatic rings. The summed E-state index contributed by atoms with van der Waals surface area (Å²) in [5, 5.41) is 0. The van der Waals surface area contributed by atoms with Crippen LogP contribution in [0, 0.1) is 0 Å². The third-order valence-corrected chi connectivity index (χ3v) is 4.00. The van der Waals surface area contributed by atoms with E-state index in [2.05, 4.69) is 20.3 Å². The monoisotopic (exact) mass is 313 g/mol. The zero-order valence-corrected chi connectivity index (χ0v) is 10.5. The van der Waals surface area contributed by atoms with Gasteiger partial charge in [-0.3, -0.25) is 4.79 Å². The maximum atomic E-state index is 12.0. The Balaban J connectivity index is 3.04. The Bertz CT molecular complexity index is 445. The fourth-order valence-electron chi connectivity index (χ4n) is 0.910. The lowest BCUT2D eigenvalue weighted by Gasteiger charge is -2.05. The molecule has 7 heteroatoms. The Morgan fingerprint density at radius 1 is 1.38 bits per heavy atom. The van der Waals surface area contributed by atoms with Crippen molar-refractivity contribution in [3.8, 4) is 0 Å². The molecule has 0 bridgehead atoms. The van der Waals surface area contributed by atoms with Crippen molar-refractivity contribution >= 4 is 32.5 Å². The molecule has 0 fully saturated rings. The number of halogens is 4. The van der Waals surface area contributed by atoms with Gasteiger partial charge in [-0.2, -0.15) is 17.5 Å². The highest BCUT2D eigenvalue weighted by Gasteiger charge is 2.38. The summed E-state index contributed by atoms with van der Waals surface area (Å²) in [6.07, 6.45) is -3.44. The van der Waals surface area contributed by atoms with Crippen LogP contribution < -0.4 is 0 Å². The SMILES string of the molecule is CS(=NC(=O)C(F)(F)F)c1ccccc1Br. The molecular formula is C9H7BrF3NOS. The van der Waals surface area contributed by atoms with Gasteiger partial charge in [-0.05, 0) is 34.3 Å². The summed E-state index contributed by atoms with van der Waals surface area (Å²) in [5.41, 5.74) is 0. The van der Waals surface area contributed by atoms with Gasteiger partial charge in [0, 0.05) is 9.37 Å². The summed E-state index contributed by atoms with van der Waals surface area (Å²) in [7, 11) is -1.11. The molecule has 16 heavy (non-hydrogen) atoms.